The molecule has 2 aromatic carbocycles. The predicted octanol–water partition coefficient (Wildman–Crippen LogP) is 3.55. The second-order valence-corrected chi connectivity index (χ2v) is 5.98. The van der Waals surface area contributed by atoms with Crippen LogP contribution in [0.3, 0.4) is 0 Å². The number of rotatable bonds is 3. The number of phenols is 1. The van der Waals surface area contributed by atoms with Gasteiger partial charge in [-0.1, -0.05) is 18.2 Å². The van der Waals surface area contributed by atoms with Crippen LogP contribution in [0.15, 0.2) is 42.5 Å². The summed E-state index contributed by atoms with van der Waals surface area (Å²) in [6, 6.07) is 13.8. The van der Waals surface area contributed by atoms with E-state index in [1.54, 1.807) is 12.1 Å². The molecule has 0 fully saturated rings. The van der Waals surface area contributed by atoms with Gasteiger partial charge in [0.1, 0.15) is 6.17 Å². The molecular weight excluding hydrogens is 318 g/mol. The van der Waals surface area contributed by atoms with E-state index in [0.29, 0.717) is 11.5 Å². The highest BCUT2D eigenvalue weighted by atomic mass is 16.5. The Labute approximate surface area is 145 Å². The van der Waals surface area contributed by atoms with Gasteiger partial charge in [0.25, 0.3) is 0 Å². The van der Waals surface area contributed by atoms with Crippen molar-refractivity contribution in [1.82, 2.24) is 9.78 Å². The summed E-state index contributed by atoms with van der Waals surface area (Å²) in [7, 11) is 3.04. The fraction of sp³-hybridized carbons (Fsp3) is 0.211. The van der Waals surface area contributed by atoms with E-state index in [-0.39, 0.29) is 11.9 Å². The average molecular weight is 337 g/mol. The van der Waals surface area contributed by atoms with Crippen molar-refractivity contribution in [2.45, 2.75) is 13.1 Å². The van der Waals surface area contributed by atoms with Gasteiger partial charge in [-0.25, -0.2) is 4.68 Å². The van der Waals surface area contributed by atoms with E-state index in [1.165, 1.54) is 14.2 Å². The van der Waals surface area contributed by atoms with Crippen LogP contribution in [0.1, 0.15) is 17.4 Å². The first-order valence-corrected chi connectivity index (χ1v) is 7.99. The number of phenolic OH excluding ortho intramolecular Hbond substituents is 1. The van der Waals surface area contributed by atoms with Crippen LogP contribution in [-0.4, -0.2) is 29.1 Å². The molecule has 1 aliphatic heterocycles. The minimum atomic E-state index is -0.234. The molecule has 0 radical (unpaired) electrons. The second kappa shape index (κ2) is 5.73. The van der Waals surface area contributed by atoms with Crippen molar-refractivity contribution in [3.05, 3.63) is 53.7 Å². The maximum absolute atomic E-state index is 10.2. The summed E-state index contributed by atoms with van der Waals surface area (Å²) >= 11 is 0. The molecule has 4 rings (SSSR count). The summed E-state index contributed by atoms with van der Waals surface area (Å²) in [6.07, 6.45) is -0.234. The summed E-state index contributed by atoms with van der Waals surface area (Å²) in [5.41, 5.74) is 5.01. The van der Waals surface area contributed by atoms with E-state index >= 15 is 0 Å². The zero-order chi connectivity index (χ0) is 17.6. The lowest BCUT2D eigenvalue weighted by Crippen LogP contribution is -2.25. The van der Waals surface area contributed by atoms with E-state index in [9.17, 15) is 5.11 Å². The molecule has 0 saturated heterocycles. The Bertz CT molecular complexity index is 924. The number of aromatic nitrogens is 2. The third-order valence-electron chi connectivity index (χ3n) is 4.42. The number of nitrogens with zero attached hydrogens (tertiary/aromatic N) is 2. The molecule has 0 aliphatic carbocycles. The smallest absolute Gasteiger partial charge is 0.200 e. The standard InChI is InChI=1S/C19H19N3O3/c1-11-8-15-13-6-4-5-7-14(13)20-19(22(15)21-11)12-9-16(24-2)18(23)17(10-12)25-3/h4-10,19-20,23H,1-3H3/t19-/m1/s1. The Balaban J connectivity index is 1.90. The van der Waals surface area contributed by atoms with Crippen molar-refractivity contribution in [1.29, 1.82) is 0 Å². The predicted molar refractivity (Wildman–Crippen MR) is 95.4 cm³/mol. The molecular formula is C19H19N3O3. The van der Waals surface area contributed by atoms with Gasteiger partial charge in [-0.3, -0.25) is 0 Å². The number of fused-ring (bicyclic) bond motifs is 3. The van der Waals surface area contributed by atoms with Crippen LogP contribution < -0.4 is 14.8 Å². The van der Waals surface area contributed by atoms with Crippen LogP contribution in [0.2, 0.25) is 0 Å². The van der Waals surface area contributed by atoms with Crippen molar-refractivity contribution in [2.24, 2.45) is 0 Å². The van der Waals surface area contributed by atoms with Crippen molar-refractivity contribution >= 4 is 5.69 Å². The third-order valence-corrected chi connectivity index (χ3v) is 4.42. The highest BCUT2D eigenvalue weighted by Crippen LogP contribution is 2.43. The SMILES string of the molecule is COc1cc([C@@H]2Nc3ccccc3-c3cc(C)nn32)cc(OC)c1O. The van der Waals surface area contributed by atoms with Crippen molar-refractivity contribution in [3.63, 3.8) is 0 Å². The Morgan fingerprint density at radius 3 is 2.44 bits per heavy atom. The minimum Gasteiger partial charge on any atom is -0.502 e. The van der Waals surface area contributed by atoms with Crippen molar-refractivity contribution < 1.29 is 14.6 Å². The number of aryl methyl sites for hydroxylation is 1. The van der Waals surface area contributed by atoms with E-state index in [0.717, 1.165) is 28.2 Å². The van der Waals surface area contributed by atoms with Gasteiger partial charge in [0.05, 0.1) is 25.6 Å². The van der Waals surface area contributed by atoms with Crippen LogP contribution in [0.5, 0.6) is 17.2 Å². The molecule has 1 aromatic heterocycles. The Kier molecular flexibility index (Phi) is 3.53. The quantitative estimate of drug-likeness (QED) is 0.765. The molecule has 0 saturated carbocycles. The van der Waals surface area contributed by atoms with E-state index in [2.05, 4.69) is 22.5 Å². The first kappa shape index (κ1) is 15.4. The monoisotopic (exact) mass is 337 g/mol. The van der Waals surface area contributed by atoms with Gasteiger partial charge < -0.3 is 19.9 Å². The molecule has 6 heteroatoms. The number of hydrogen-bond donors (Lipinski definition) is 2. The van der Waals surface area contributed by atoms with E-state index < -0.39 is 0 Å². The lowest BCUT2D eigenvalue weighted by Gasteiger charge is -2.29. The molecule has 2 heterocycles. The Morgan fingerprint density at radius 1 is 1.08 bits per heavy atom. The minimum absolute atomic E-state index is 0.0122. The summed E-state index contributed by atoms with van der Waals surface area (Å²) in [5.74, 6) is 0.711. The van der Waals surface area contributed by atoms with Crippen LogP contribution >= 0.6 is 0 Å². The number of para-hydroxylation sites is 1. The second-order valence-electron chi connectivity index (χ2n) is 5.98. The molecule has 128 valence electrons. The molecule has 0 unspecified atom stereocenters. The number of methoxy groups -OCH3 is 2. The maximum Gasteiger partial charge on any atom is 0.200 e. The number of hydrogen-bond acceptors (Lipinski definition) is 5. The number of aromatic hydroxyl groups is 1. The van der Waals surface area contributed by atoms with Gasteiger partial charge in [0.15, 0.2) is 11.5 Å². The number of ether oxygens (including phenoxy) is 2. The molecule has 0 bridgehead atoms. The van der Waals surface area contributed by atoms with Gasteiger partial charge in [0.2, 0.25) is 5.75 Å². The van der Waals surface area contributed by atoms with Crippen LogP contribution in [0.25, 0.3) is 11.3 Å². The van der Waals surface area contributed by atoms with Crippen molar-refractivity contribution in [2.75, 3.05) is 19.5 Å². The average Bonchev–Trinajstić information content (AvgIpc) is 3.03. The number of anilines is 1. The number of benzene rings is 2. The van der Waals surface area contributed by atoms with Gasteiger partial charge in [-0.05, 0) is 31.2 Å². The fourth-order valence-electron chi connectivity index (χ4n) is 3.25. The fourth-order valence-corrected chi connectivity index (χ4v) is 3.25. The maximum atomic E-state index is 10.2. The summed E-state index contributed by atoms with van der Waals surface area (Å²) in [6.45, 7) is 1.98. The third kappa shape index (κ3) is 2.38. The van der Waals surface area contributed by atoms with Gasteiger partial charge in [0, 0.05) is 16.8 Å². The highest BCUT2D eigenvalue weighted by Gasteiger charge is 2.27. The van der Waals surface area contributed by atoms with Crippen molar-refractivity contribution in [3.8, 4) is 28.5 Å². The Hall–Kier alpha value is -3.15. The molecule has 0 amide bonds. The molecule has 25 heavy (non-hydrogen) atoms. The molecule has 1 atom stereocenters. The topological polar surface area (TPSA) is 68.5 Å². The van der Waals surface area contributed by atoms with Gasteiger partial charge in [-0.2, -0.15) is 5.10 Å². The molecule has 0 spiro atoms. The largest absolute Gasteiger partial charge is 0.502 e. The first-order valence-electron chi connectivity index (χ1n) is 7.99. The Morgan fingerprint density at radius 2 is 1.76 bits per heavy atom. The zero-order valence-corrected chi connectivity index (χ0v) is 14.3. The lowest BCUT2D eigenvalue weighted by molar-refractivity contribution is 0.338. The molecule has 3 aromatic rings. The van der Waals surface area contributed by atoms with Crippen LogP contribution in [-0.2, 0) is 0 Å². The normalized spacial score (nSPS) is 15.1. The summed E-state index contributed by atoms with van der Waals surface area (Å²) < 4.78 is 12.5. The summed E-state index contributed by atoms with van der Waals surface area (Å²) in [4.78, 5) is 0. The lowest BCUT2D eigenvalue weighted by atomic mass is 10.0. The first-order chi connectivity index (χ1) is 12.1. The molecule has 2 N–H and O–H groups in total. The van der Waals surface area contributed by atoms with Crippen LogP contribution in [0.4, 0.5) is 5.69 Å². The molecule has 1 aliphatic rings. The molecule has 6 nitrogen and oxygen atoms in total. The zero-order valence-electron chi connectivity index (χ0n) is 14.3. The number of nitrogens with one attached hydrogen (secondary N) is 1. The van der Waals surface area contributed by atoms with E-state index in [1.807, 2.05) is 29.8 Å². The van der Waals surface area contributed by atoms with Gasteiger partial charge >= 0.3 is 0 Å². The highest BCUT2D eigenvalue weighted by molar-refractivity contribution is 5.78. The summed E-state index contributed by atoms with van der Waals surface area (Å²) in [5, 5.41) is 18.3. The van der Waals surface area contributed by atoms with Gasteiger partial charge in [-0.15, -0.1) is 0 Å². The van der Waals surface area contributed by atoms with E-state index in [4.69, 9.17) is 9.47 Å². The van der Waals surface area contributed by atoms with Crippen LogP contribution in [0, 0.1) is 6.92 Å².